The van der Waals surface area contributed by atoms with Crippen LogP contribution in [0.25, 0.3) is 0 Å². The van der Waals surface area contributed by atoms with Gasteiger partial charge in [0, 0.05) is 19.0 Å². The zero-order valence-corrected chi connectivity index (χ0v) is 9.97. The summed E-state index contributed by atoms with van der Waals surface area (Å²) in [6.07, 6.45) is 4.99. The third-order valence-electron chi connectivity index (χ3n) is 3.20. The largest absolute Gasteiger partial charge is 0.448 e. The third-order valence-corrected chi connectivity index (χ3v) is 3.20. The van der Waals surface area contributed by atoms with Gasteiger partial charge in [-0.25, -0.2) is 4.98 Å². The molecule has 1 aliphatic carbocycles. The number of nitrogens with zero attached hydrogens (tertiary/aromatic N) is 2. The van der Waals surface area contributed by atoms with Crippen LogP contribution in [0.3, 0.4) is 0 Å². The number of amides is 2. The molecule has 1 fully saturated rings. The molecule has 6 nitrogen and oxygen atoms in total. The lowest BCUT2D eigenvalue weighted by Gasteiger charge is -2.08. The van der Waals surface area contributed by atoms with E-state index < -0.39 is 0 Å². The van der Waals surface area contributed by atoms with Crippen molar-refractivity contribution in [2.24, 2.45) is 0 Å². The van der Waals surface area contributed by atoms with E-state index in [1.54, 1.807) is 0 Å². The molecule has 0 saturated heterocycles. The summed E-state index contributed by atoms with van der Waals surface area (Å²) in [7, 11) is 1.46. The van der Waals surface area contributed by atoms with Gasteiger partial charge in [-0.3, -0.25) is 14.5 Å². The second kappa shape index (κ2) is 3.97. The van der Waals surface area contributed by atoms with Crippen LogP contribution in [0, 0.1) is 0 Å². The summed E-state index contributed by atoms with van der Waals surface area (Å²) in [6, 6.07) is 0. The Hall–Kier alpha value is -2.11. The van der Waals surface area contributed by atoms with Gasteiger partial charge in [-0.2, -0.15) is 0 Å². The number of hydrogen-bond acceptors (Lipinski definition) is 5. The molecule has 0 unspecified atom stereocenters. The minimum Gasteiger partial charge on any atom is -0.448 e. The molecule has 2 amide bonds. The smallest absolute Gasteiger partial charge is 0.276 e. The Balaban J connectivity index is 1.68. The molecule has 2 heterocycles. The highest BCUT2D eigenvalue weighted by molar-refractivity contribution is 6.15. The van der Waals surface area contributed by atoms with Gasteiger partial charge < -0.3 is 9.73 Å². The van der Waals surface area contributed by atoms with Gasteiger partial charge in [-0.1, -0.05) is 0 Å². The van der Waals surface area contributed by atoms with E-state index in [4.69, 9.17) is 4.42 Å². The summed E-state index contributed by atoms with van der Waals surface area (Å²) in [6.45, 7) is 0.404. The van der Waals surface area contributed by atoms with E-state index >= 15 is 0 Å². The van der Waals surface area contributed by atoms with Gasteiger partial charge in [0.15, 0.2) is 6.39 Å². The summed E-state index contributed by atoms with van der Waals surface area (Å²) in [4.78, 5) is 28.1. The quantitative estimate of drug-likeness (QED) is 0.785. The first-order valence-electron chi connectivity index (χ1n) is 5.86. The highest BCUT2D eigenvalue weighted by Gasteiger charge is 2.31. The van der Waals surface area contributed by atoms with Crippen LogP contribution < -0.4 is 5.32 Å². The van der Waals surface area contributed by atoms with Crippen molar-refractivity contribution in [2.75, 3.05) is 7.05 Å². The van der Waals surface area contributed by atoms with E-state index in [1.807, 2.05) is 0 Å². The molecule has 1 aromatic heterocycles. The zero-order chi connectivity index (χ0) is 12.7. The molecule has 6 heteroatoms. The summed E-state index contributed by atoms with van der Waals surface area (Å²) in [5, 5.41) is 2.94. The summed E-state index contributed by atoms with van der Waals surface area (Å²) < 4.78 is 5.34. The minimum atomic E-state index is -0.309. The number of nitrogens with one attached hydrogen (secondary N) is 1. The van der Waals surface area contributed by atoms with Crippen molar-refractivity contribution < 1.29 is 14.0 Å². The number of rotatable bonds is 4. The van der Waals surface area contributed by atoms with Crippen LogP contribution in [0.5, 0.6) is 0 Å². The Labute approximate surface area is 104 Å². The van der Waals surface area contributed by atoms with Gasteiger partial charge >= 0.3 is 0 Å². The lowest BCUT2D eigenvalue weighted by Crippen LogP contribution is -2.29. The van der Waals surface area contributed by atoms with Crippen LogP contribution in [0.15, 0.2) is 22.6 Å². The third kappa shape index (κ3) is 1.79. The molecule has 1 aliphatic heterocycles. The Morgan fingerprint density at radius 3 is 2.89 bits per heavy atom. The van der Waals surface area contributed by atoms with Gasteiger partial charge in [0.2, 0.25) is 0 Å². The Morgan fingerprint density at radius 2 is 2.28 bits per heavy atom. The van der Waals surface area contributed by atoms with Crippen molar-refractivity contribution in [1.82, 2.24) is 15.2 Å². The van der Waals surface area contributed by atoms with Crippen molar-refractivity contribution in [3.8, 4) is 0 Å². The van der Waals surface area contributed by atoms with Gasteiger partial charge in [0.1, 0.15) is 17.2 Å². The van der Waals surface area contributed by atoms with Crippen molar-refractivity contribution in [2.45, 2.75) is 25.3 Å². The fourth-order valence-electron chi connectivity index (χ4n) is 1.96. The van der Waals surface area contributed by atoms with E-state index in [0.29, 0.717) is 18.2 Å². The topological polar surface area (TPSA) is 75.4 Å². The maximum absolute atomic E-state index is 11.6. The average Bonchev–Trinajstić information content (AvgIpc) is 3.06. The standard InChI is InChI=1S/C12H13N3O3/c1-15-10(16)4-8(12(15)17)13-5-9-11(7-2-3-7)18-6-14-9/h4,6-7,13H,2-3,5H2,1H3. The molecule has 0 radical (unpaired) electrons. The fourth-order valence-corrected chi connectivity index (χ4v) is 1.96. The molecule has 1 aromatic rings. The number of likely N-dealkylation sites (N-methyl/N-ethyl adjacent to an activating group) is 1. The first kappa shape index (κ1) is 11.0. The van der Waals surface area contributed by atoms with Crippen molar-refractivity contribution >= 4 is 11.8 Å². The first-order valence-corrected chi connectivity index (χ1v) is 5.86. The van der Waals surface area contributed by atoms with Crippen LogP contribution in [0.4, 0.5) is 0 Å². The van der Waals surface area contributed by atoms with Crippen LogP contribution in [-0.2, 0) is 16.1 Å². The maximum atomic E-state index is 11.6. The molecule has 0 spiro atoms. The molecule has 1 N–H and O–H groups in total. The van der Waals surface area contributed by atoms with Crippen LogP contribution >= 0.6 is 0 Å². The highest BCUT2D eigenvalue weighted by atomic mass is 16.3. The molecule has 0 atom stereocenters. The average molecular weight is 247 g/mol. The first-order chi connectivity index (χ1) is 8.66. The molecule has 0 bridgehead atoms. The number of hydrogen-bond donors (Lipinski definition) is 1. The Kier molecular flexibility index (Phi) is 2.43. The Bertz CT molecular complexity index is 543. The summed E-state index contributed by atoms with van der Waals surface area (Å²) in [5.41, 5.74) is 1.13. The van der Waals surface area contributed by atoms with Crippen molar-refractivity contribution in [3.63, 3.8) is 0 Å². The maximum Gasteiger partial charge on any atom is 0.276 e. The molecular weight excluding hydrogens is 234 g/mol. The Morgan fingerprint density at radius 1 is 1.50 bits per heavy atom. The monoisotopic (exact) mass is 247 g/mol. The predicted octanol–water partition coefficient (Wildman–Crippen LogP) is 0.524. The highest BCUT2D eigenvalue weighted by Crippen LogP contribution is 2.41. The van der Waals surface area contributed by atoms with Gasteiger partial charge in [-0.05, 0) is 12.8 Å². The normalized spacial score (nSPS) is 19.4. The lowest BCUT2D eigenvalue weighted by atomic mass is 10.2. The van der Waals surface area contributed by atoms with Crippen molar-refractivity contribution in [1.29, 1.82) is 0 Å². The number of imide groups is 1. The van der Waals surface area contributed by atoms with E-state index in [2.05, 4.69) is 10.3 Å². The van der Waals surface area contributed by atoms with Gasteiger partial charge in [-0.15, -0.1) is 0 Å². The zero-order valence-electron chi connectivity index (χ0n) is 9.97. The number of aromatic nitrogens is 1. The minimum absolute atomic E-state index is 0.301. The second-order valence-corrected chi connectivity index (χ2v) is 4.55. The van der Waals surface area contributed by atoms with Crippen LogP contribution in [-0.4, -0.2) is 28.7 Å². The molecule has 3 rings (SSSR count). The molecule has 1 saturated carbocycles. The SMILES string of the molecule is CN1C(=O)C=C(NCc2ncoc2C2CC2)C1=O. The van der Waals surface area contributed by atoms with Gasteiger partial charge in [0.25, 0.3) is 11.8 Å². The van der Waals surface area contributed by atoms with Crippen molar-refractivity contribution in [3.05, 3.63) is 29.6 Å². The van der Waals surface area contributed by atoms with Crippen LogP contribution in [0.2, 0.25) is 0 Å². The molecule has 2 aliphatic rings. The van der Waals surface area contributed by atoms with Crippen LogP contribution in [0.1, 0.15) is 30.2 Å². The molecular formula is C12H13N3O3. The van der Waals surface area contributed by atoms with E-state index in [1.165, 1.54) is 19.5 Å². The summed E-state index contributed by atoms with van der Waals surface area (Å²) in [5.74, 6) is 0.761. The van der Waals surface area contributed by atoms with Gasteiger partial charge in [0.05, 0.1) is 6.54 Å². The number of carbonyl (C=O) groups excluding carboxylic acids is 2. The summed E-state index contributed by atoms with van der Waals surface area (Å²) >= 11 is 0. The van der Waals surface area contributed by atoms with E-state index in [-0.39, 0.29) is 11.8 Å². The fraction of sp³-hybridized carbons (Fsp3) is 0.417. The molecule has 0 aromatic carbocycles. The second-order valence-electron chi connectivity index (χ2n) is 4.55. The molecule has 18 heavy (non-hydrogen) atoms. The lowest BCUT2D eigenvalue weighted by molar-refractivity contribution is -0.135. The van der Waals surface area contributed by atoms with E-state index in [9.17, 15) is 9.59 Å². The number of carbonyl (C=O) groups is 2. The molecule has 94 valence electrons. The number of oxazole rings is 1. The van der Waals surface area contributed by atoms with E-state index in [0.717, 1.165) is 29.2 Å². The predicted molar refractivity (Wildman–Crippen MR) is 61.2 cm³/mol.